The Bertz CT molecular complexity index is 392. The van der Waals surface area contributed by atoms with Gasteiger partial charge in [0.25, 0.3) is 0 Å². The average Bonchev–Trinajstić information content (AvgIpc) is 2.38. The third-order valence-corrected chi connectivity index (χ3v) is 15.0. The van der Waals surface area contributed by atoms with Crippen molar-refractivity contribution in [3.05, 3.63) is 0 Å². The lowest BCUT2D eigenvalue weighted by molar-refractivity contribution is -0.108. The molecule has 144 valence electrons. The zero-order valence-corrected chi connectivity index (χ0v) is 20.1. The summed E-state index contributed by atoms with van der Waals surface area (Å²) in [7, 11) is -3.67. The molecule has 5 heteroatoms. The first-order chi connectivity index (χ1) is 10.5. The molecule has 0 N–H and O–H groups in total. The van der Waals surface area contributed by atoms with E-state index in [9.17, 15) is 4.79 Å². The first-order valence-corrected chi connectivity index (χ1v) is 15.1. The summed E-state index contributed by atoms with van der Waals surface area (Å²) in [4.78, 5) is 10.8. The maximum atomic E-state index is 10.8. The van der Waals surface area contributed by atoms with Crippen LogP contribution in [-0.2, 0) is 13.6 Å². The van der Waals surface area contributed by atoms with E-state index in [4.69, 9.17) is 8.85 Å². The van der Waals surface area contributed by atoms with Gasteiger partial charge in [-0.05, 0) is 48.6 Å². The van der Waals surface area contributed by atoms with Crippen LogP contribution in [0.5, 0.6) is 0 Å². The largest absolute Gasteiger partial charge is 0.414 e. The molecule has 24 heavy (non-hydrogen) atoms. The Morgan fingerprint density at radius 3 is 1.75 bits per heavy atom. The van der Waals surface area contributed by atoms with Gasteiger partial charge in [-0.1, -0.05) is 48.5 Å². The lowest BCUT2D eigenvalue weighted by Crippen LogP contribution is -2.49. The number of carbonyl (C=O) groups excluding carboxylic acids is 1. The van der Waals surface area contributed by atoms with Gasteiger partial charge in [-0.3, -0.25) is 0 Å². The van der Waals surface area contributed by atoms with Gasteiger partial charge in [-0.15, -0.1) is 0 Å². The summed E-state index contributed by atoms with van der Waals surface area (Å²) in [5.41, 5.74) is 0. The van der Waals surface area contributed by atoms with Crippen LogP contribution in [0.15, 0.2) is 0 Å². The number of hydrogen-bond acceptors (Lipinski definition) is 3. The average molecular weight is 375 g/mol. The fourth-order valence-corrected chi connectivity index (χ4v) is 4.32. The van der Waals surface area contributed by atoms with Crippen molar-refractivity contribution < 1.29 is 13.6 Å². The minimum Gasteiger partial charge on any atom is -0.414 e. The van der Waals surface area contributed by atoms with Gasteiger partial charge in [-0.25, -0.2) is 0 Å². The van der Waals surface area contributed by atoms with Crippen LogP contribution in [0.25, 0.3) is 0 Å². The number of aldehydes is 1. The molecule has 0 aliphatic carbocycles. The molecule has 0 aromatic heterocycles. The molecule has 0 radical (unpaired) electrons. The highest BCUT2D eigenvalue weighted by Crippen LogP contribution is 2.40. The van der Waals surface area contributed by atoms with Crippen LogP contribution >= 0.6 is 0 Å². The normalized spacial score (nSPS) is 16.8. The van der Waals surface area contributed by atoms with E-state index in [-0.39, 0.29) is 16.2 Å². The number of rotatable bonds is 9. The molecule has 0 unspecified atom stereocenters. The lowest BCUT2D eigenvalue weighted by Gasteiger charge is -2.43. The minimum atomic E-state index is -1.87. The van der Waals surface area contributed by atoms with Crippen LogP contribution < -0.4 is 0 Å². The smallest absolute Gasteiger partial charge is 0.192 e. The van der Waals surface area contributed by atoms with Crippen molar-refractivity contribution in [2.75, 3.05) is 6.61 Å². The van der Waals surface area contributed by atoms with Crippen LogP contribution in [0.1, 0.15) is 61.3 Å². The monoisotopic (exact) mass is 374 g/mol. The molecule has 0 bridgehead atoms. The zero-order chi connectivity index (χ0) is 19.4. The summed E-state index contributed by atoms with van der Waals surface area (Å²) in [6.07, 6.45) is 2.54. The van der Waals surface area contributed by atoms with E-state index >= 15 is 0 Å². The molecule has 0 aliphatic heterocycles. The molecule has 0 aromatic carbocycles. The van der Waals surface area contributed by atoms with E-state index < -0.39 is 16.6 Å². The molecule has 0 aliphatic rings. The van der Waals surface area contributed by atoms with E-state index in [0.717, 1.165) is 12.7 Å². The highest BCUT2D eigenvalue weighted by molar-refractivity contribution is 6.74. The fraction of sp³-hybridized carbons (Fsp3) is 0.947. The predicted octanol–water partition coefficient (Wildman–Crippen LogP) is 6.01. The van der Waals surface area contributed by atoms with Gasteiger partial charge >= 0.3 is 0 Å². The van der Waals surface area contributed by atoms with E-state index in [0.29, 0.717) is 18.9 Å². The highest BCUT2D eigenvalue weighted by Gasteiger charge is 2.42. The molecule has 0 saturated carbocycles. The Hall–Kier alpha value is 0.0238. The molecule has 0 saturated heterocycles. The van der Waals surface area contributed by atoms with Crippen molar-refractivity contribution in [1.82, 2.24) is 0 Å². The molecule has 0 rings (SSSR count). The van der Waals surface area contributed by atoms with Gasteiger partial charge in [0.1, 0.15) is 6.29 Å². The van der Waals surface area contributed by atoms with Crippen molar-refractivity contribution in [1.29, 1.82) is 0 Å². The van der Waals surface area contributed by atoms with Crippen LogP contribution in [0.2, 0.25) is 36.3 Å². The van der Waals surface area contributed by atoms with E-state index in [1.165, 1.54) is 0 Å². The molecular formula is C19H42O3Si2. The summed E-state index contributed by atoms with van der Waals surface area (Å²) in [5, 5.41) is 0.368. The number of carbonyl (C=O) groups is 1. The SMILES string of the molecule is C[C@@H](CCC=O)[C@H](CO[Si](C)(C)C(C)(C)C)O[Si](C)(C)C(C)(C)C. The van der Waals surface area contributed by atoms with E-state index in [1.54, 1.807) is 0 Å². The predicted molar refractivity (Wildman–Crippen MR) is 110 cm³/mol. The zero-order valence-electron chi connectivity index (χ0n) is 18.1. The number of hydrogen-bond donors (Lipinski definition) is 0. The molecule has 0 aromatic rings. The second-order valence-corrected chi connectivity index (χ2v) is 19.8. The standard InChI is InChI=1S/C19H42O3Si2/c1-16(13-12-14-20)17(22-24(10,11)19(5,6)7)15-21-23(8,9)18(2,3)4/h14,16-17H,12-13,15H2,1-11H3/t16-,17-/m0/s1. The molecule has 3 nitrogen and oxygen atoms in total. The van der Waals surface area contributed by atoms with E-state index in [1.807, 2.05) is 0 Å². The molecular weight excluding hydrogens is 332 g/mol. The second-order valence-electron chi connectivity index (χ2n) is 10.2. The van der Waals surface area contributed by atoms with Crippen molar-refractivity contribution in [2.24, 2.45) is 5.92 Å². The maximum Gasteiger partial charge on any atom is 0.192 e. The third kappa shape index (κ3) is 7.10. The minimum absolute atomic E-state index is 0.0694. The van der Waals surface area contributed by atoms with Crippen molar-refractivity contribution in [3.63, 3.8) is 0 Å². The van der Waals surface area contributed by atoms with Gasteiger partial charge < -0.3 is 13.6 Å². The van der Waals surface area contributed by atoms with E-state index in [2.05, 4.69) is 74.7 Å². The Balaban J connectivity index is 5.18. The van der Waals surface area contributed by atoms with Crippen LogP contribution in [-0.4, -0.2) is 35.6 Å². The van der Waals surface area contributed by atoms with Gasteiger partial charge in [0.05, 0.1) is 12.7 Å². The van der Waals surface area contributed by atoms with Gasteiger partial charge in [0, 0.05) is 6.42 Å². The Morgan fingerprint density at radius 1 is 0.917 bits per heavy atom. The summed E-state index contributed by atoms with van der Waals surface area (Å²) < 4.78 is 13.2. The maximum absolute atomic E-state index is 10.8. The molecule has 0 spiro atoms. The van der Waals surface area contributed by atoms with Crippen LogP contribution in [0.4, 0.5) is 0 Å². The van der Waals surface area contributed by atoms with Crippen molar-refractivity contribution in [3.8, 4) is 0 Å². The fourth-order valence-electron chi connectivity index (χ4n) is 1.89. The van der Waals surface area contributed by atoms with Gasteiger partial charge in [0.15, 0.2) is 16.6 Å². The van der Waals surface area contributed by atoms with Crippen LogP contribution in [0.3, 0.4) is 0 Å². The Kier molecular flexibility index (Phi) is 8.61. The molecule has 0 amide bonds. The van der Waals surface area contributed by atoms with Crippen molar-refractivity contribution >= 4 is 22.9 Å². The Labute approximate surface area is 153 Å². The van der Waals surface area contributed by atoms with Crippen LogP contribution in [0, 0.1) is 5.92 Å². The van der Waals surface area contributed by atoms with Gasteiger partial charge in [-0.2, -0.15) is 0 Å². The molecule has 0 fully saturated rings. The Morgan fingerprint density at radius 2 is 1.38 bits per heavy atom. The molecule has 2 atom stereocenters. The second kappa shape index (κ2) is 8.61. The highest BCUT2D eigenvalue weighted by atomic mass is 28.4. The molecule has 0 heterocycles. The third-order valence-electron chi connectivity index (χ3n) is 6.04. The lowest BCUT2D eigenvalue weighted by atomic mass is 10.0. The summed E-state index contributed by atoms with van der Waals surface area (Å²) in [6.45, 7) is 25.6. The van der Waals surface area contributed by atoms with Crippen molar-refractivity contribution in [2.45, 2.75) is 104 Å². The summed E-state index contributed by atoms with van der Waals surface area (Å²) in [6, 6.07) is 0. The summed E-state index contributed by atoms with van der Waals surface area (Å²) >= 11 is 0. The van der Waals surface area contributed by atoms with Gasteiger partial charge in [0.2, 0.25) is 0 Å². The quantitative estimate of drug-likeness (QED) is 0.366. The first kappa shape index (κ1) is 24.0. The first-order valence-electron chi connectivity index (χ1n) is 9.30. The summed E-state index contributed by atoms with van der Waals surface area (Å²) in [5.74, 6) is 0.328. The topological polar surface area (TPSA) is 35.5 Å².